The lowest BCUT2D eigenvalue weighted by molar-refractivity contribution is -0.248. The van der Waals surface area contributed by atoms with E-state index < -0.39 is 10.1 Å². The molecule has 0 unspecified atom stereocenters. The molecule has 96 valence electrons. The summed E-state index contributed by atoms with van der Waals surface area (Å²) in [4.78, 5) is 9.08. The molecule has 1 saturated heterocycles. The standard InChI is InChI=1S/C8H10O3S.C3H6O2/c1-7-3-5-8(6-4-7)12(9,10)11-2;1-2-4-5-3-1/h3-6H,1-2H3;1-3H2. The highest BCUT2D eigenvalue weighted by Crippen LogP contribution is 2.11. The first kappa shape index (κ1) is 14.1. The lowest BCUT2D eigenvalue weighted by Gasteiger charge is -2.00. The molecule has 0 radical (unpaired) electrons. The molecule has 2 rings (SSSR count). The van der Waals surface area contributed by atoms with E-state index in [4.69, 9.17) is 0 Å². The summed E-state index contributed by atoms with van der Waals surface area (Å²) in [7, 11) is -2.37. The summed E-state index contributed by atoms with van der Waals surface area (Å²) >= 11 is 0. The minimum Gasteiger partial charge on any atom is -0.270 e. The van der Waals surface area contributed by atoms with Crippen LogP contribution in [0.1, 0.15) is 12.0 Å². The van der Waals surface area contributed by atoms with Gasteiger partial charge in [-0.05, 0) is 19.1 Å². The summed E-state index contributed by atoms with van der Waals surface area (Å²) in [6, 6.07) is 6.50. The summed E-state index contributed by atoms with van der Waals surface area (Å²) in [5, 5.41) is 0. The van der Waals surface area contributed by atoms with Crippen LogP contribution in [-0.2, 0) is 24.1 Å². The largest absolute Gasteiger partial charge is 0.296 e. The molecule has 17 heavy (non-hydrogen) atoms. The van der Waals surface area contributed by atoms with Crippen LogP contribution in [0.4, 0.5) is 0 Å². The second-order valence-corrected chi connectivity index (χ2v) is 5.14. The summed E-state index contributed by atoms with van der Waals surface area (Å²) in [6.45, 7) is 3.45. The lowest BCUT2D eigenvalue weighted by atomic mass is 10.2. The van der Waals surface area contributed by atoms with Crippen molar-refractivity contribution >= 4 is 10.1 Å². The van der Waals surface area contributed by atoms with Crippen LogP contribution < -0.4 is 0 Å². The van der Waals surface area contributed by atoms with Gasteiger partial charge in [0.15, 0.2) is 0 Å². The fourth-order valence-electron chi connectivity index (χ4n) is 1.10. The molecule has 5 nitrogen and oxygen atoms in total. The summed E-state index contributed by atoms with van der Waals surface area (Å²) in [6.07, 6.45) is 1.06. The second-order valence-electron chi connectivity index (χ2n) is 3.43. The third-order valence-electron chi connectivity index (χ3n) is 2.07. The molecule has 1 aromatic carbocycles. The average Bonchev–Trinajstić information content (AvgIpc) is 2.88. The summed E-state index contributed by atoms with van der Waals surface area (Å²) < 4.78 is 26.5. The van der Waals surface area contributed by atoms with E-state index in [9.17, 15) is 8.42 Å². The molecule has 6 heteroatoms. The van der Waals surface area contributed by atoms with Gasteiger partial charge in [-0.25, -0.2) is 9.78 Å². The molecule has 0 aromatic heterocycles. The van der Waals surface area contributed by atoms with Crippen molar-refractivity contribution in [2.24, 2.45) is 0 Å². The normalized spacial score (nSPS) is 15.2. The molecule has 0 atom stereocenters. The van der Waals surface area contributed by atoms with Gasteiger partial charge in [0, 0.05) is 6.42 Å². The maximum absolute atomic E-state index is 11.1. The minimum absolute atomic E-state index is 0.190. The second kappa shape index (κ2) is 6.70. The van der Waals surface area contributed by atoms with Crippen molar-refractivity contribution in [3.63, 3.8) is 0 Å². The quantitative estimate of drug-likeness (QED) is 0.598. The Balaban J connectivity index is 0.000000239. The molecule has 1 heterocycles. The number of hydrogen-bond acceptors (Lipinski definition) is 5. The molecular formula is C11H16O5S. The van der Waals surface area contributed by atoms with Crippen molar-refractivity contribution in [3.8, 4) is 0 Å². The minimum atomic E-state index is -3.51. The SMILES string of the molecule is C1COOC1.COS(=O)(=O)c1ccc(C)cc1. The van der Waals surface area contributed by atoms with Gasteiger partial charge in [0.25, 0.3) is 10.1 Å². The van der Waals surface area contributed by atoms with Gasteiger partial charge in [0.1, 0.15) is 0 Å². The third kappa shape index (κ3) is 4.82. The Morgan fingerprint density at radius 1 is 1.12 bits per heavy atom. The maximum Gasteiger partial charge on any atom is 0.296 e. The first-order valence-corrected chi connectivity index (χ1v) is 6.59. The zero-order valence-corrected chi connectivity index (χ0v) is 10.7. The predicted octanol–water partition coefficient (Wildman–Crippen LogP) is 1.67. The molecule has 0 aliphatic carbocycles. The predicted molar refractivity (Wildman–Crippen MR) is 61.9 cm³/mol. The zero-order valence-electron chi connectivity index (χ0n) is 9.88. The van der Waals surface area contributed by atoms with Crippen LogP contribution in [-0.4, -0.2) is 28.7 Å². The van der Waals surface area contributed by atoms with Gasteiger partial charge in [-0.3, -0.25) is 4.18 Å². The van der Waals surface area contributed by atoms with Crippen molar-refractivity contribution in [2.45, 2.75) is 18.2 Å². The van der Waals surface area contributed by atoms with Gasteiger partial charge in [0.2, 0.25) is 0 Å². The van der Waals surface area contributed by atoms with E-state index in [1.54, 1.807) is 12.1 Å². The Morgan fingerprint density at radius 3 is 2.00 bits per heavy atom. The van der Waals surface area contributed by atoms with Crippen molar-refractivity contribution in [3.05, 3.63) is 29.8 Å². The Kier molecular flexibility index (Phi) is 5.57. The molecule has 0 bridgehead atoms. The van der Waals surface area contributed by atoms with Crippen LogP contribution >= 0.6 is 0 Å². The van der Waals surface area contributed by atoms with E-state index in [1.807, 2.05) is 6.92 Å². The zero-order chi connectivity index (χ0) is 12.7. The van der Waals surface area contributed by atoms with Crippen molar-refractivity contribution in [1.82, 2.24) is 0 Å². The van der Waals surface area contributed by atoms with E-state index in [-0.39, 0.29) is 4.90 Å². The van der Waals surface area contributed by atoms with Gasteiger partial charge in [-0.1, -0.05) is 17.7 Å². The Bertz CT molecular complexity index is 412. The highest BCUT2D eigenvalue weighted by atomic mass is 32.2. The van der Waals surface area contributed by atoms with Crippen molar-refractivity contribution in [1.29, 1.82) is 0 Å². The van der Waals surface area contributed by atoms with Gasteiger partial charge in [-0.2, -0.15) is 8.42 Å². The van der Waals surface area contributed by atoms with Crippen molar-refractivity contribution in [2.75, 3.05) is 20.3 Å². The fraction of sp³-hybridized carbons (Fsp3) is 0.455. The van der Waals surface area contributed by atoms with Gasteiger partial charge < -0.3 is 0 Å². The lowest BCUT2D eigenvalue weighted by Crippen LogP contribution is -2.02. The van der Waals surface area contributed by atoms with Gasteiger partial charge in [-0.15, -0.1) is 0 Å². The van der Waals surface area contributed by atoms with E-state index in [0.717, 1.165) is 32.3 Å². The van der Waals surface area contributed by atoms with Crippen LogP contribution in [0, 0.1) is 6.92 Å². The maximum atomic E-state index is 11.1. The monoisotopic (exact) mass is 260 g/mol. The fourth-order valence-corrected chi connectivity index (χ4v) is 1.76. The Morgan fingerprint density at radius 2 is 1.65 bits per heavy atom. The summed E-state index contributed by atoms with van der Waals surface area (Å²) in [5.74, 6) is 0. The topological polar surface area (TPSA) is 61.8 Å². The number of rotatable bonds is 2. The number of hydrogen-bond donors (Lipinski definition) is 0. The molecule has 0 saturated carbocycles. The molecule has 1 aliphatic rings. The highest BCUT2D eigenvalue weighted by Gasteiger charge is 2.10. The van der Waals surface area contributed by atoms with Gasteiger partial charge >= 0.3 is 0 Å². The van der Waals surface area contributed by atoms with Crippen LogP contribution in [0.3, 0.4) is 0 Å². The Hall–Kier alpha value is -0.950. The molecule has 1 fully saturated rings. The molecule has 1 aromatic rings. The van der Waals surface area contributed by atoms with E-state index in [0.29, 0.717) is 0 Å². The van der Waals surface area contributed by atoms with E-state index in [2.05, 4.69) is 14.0 Å². The average molecular weight is 260 g/mol. The Labute approximate surface area is 101 Å². The van der Waals surface area contributed by atoms with Crippen LogP contribution in [0.5, 0.6) is 0 Å². The van der Waals surface area contributed by atoms with Crippen LogP contribution in [0.15, 0.2) is 29.2 Å². The van der Waals surface area contributed by atoms with Crippen molar-refractivity contribution < 1.29 is 22.4 Å². The van der Waals surface area contributed by atoms with E-state index >= 15 is 0 Å². The third-order valence-corrected chi connectivity index (χ3v) is 3.36. The molecule has 0 amide bonds. The van der Waals surface area contributed by atoms with Crippen LogP contribution in [0.25, 0.3) is 0 Å². The first-order chi connectivity index (χ1) is 8.06. The molecule has 1 aliphatic heterocycles. The molecule has 0 spiro atoms. The van der Waals surface area contributed by atoms with Gasteiger partial charge in [0.05, 0.1) is 25.2 Å². The molecular weight excluding hydrogens is 244 g/mol. The molecule has 0 N–H and O–H groups in total. The first-order valence-electron chi connectivity index (χ1n) is 5.18. The smallest absolute Gasteiger partial charge is 0.270 e. The summed E-state index contributed by atoms with van der Waals surface area (Å²) in [5.41, 5.74) is 1.02. The van der Waals surface area contributed by atoms with Crippen LogP contribution in [0.2, 0.25) is 0 Å². The number of benzene rings is 1. The number of aryl methyl sites for hydroxylation is 1. The van der Waals surface area contributed by atoms with E-state index in [1.165, 1.54) is 12.1 Å². The highest BCUT2D eigenvalue weighted by molar-refractivity contribution is 7.86.